The third-order valence-electron chi connectivity index (χ3n) is 2.34. The molecule has 5 heteroatoms. The Balaban J connectivity index is 2.25. The quantitative estimate of drug-likeness (QED) is 0.859. The Kier molecular flexibility index (Phi) is 3.58. The van der Waals surface area contributed by atoms with Crippen molar-refractivity contribution in [3.05, 3.63) is 47.2 Å². The van der Waals surface area contributed by atoms with Gasteiger partial charge in [-0.2, -0.15) is 0 Å². The summed E-state index contributed by atoms with van der Waals surface area (Å²) in [5.74, 6) is 1.01. The fourth-order valence-corrected chi connectivity index (χ4v) is 1.58. The molecule has 0 saturated carbocycles. The summed E-state index contributed by atoms with van der Waals surface area (Å²) in [7, 11) is 1.58. The molecule has 2 N–H and O–H groups in total. The Labute approximate surface area is 109 Å². The van der Waals surface area contributed by atoms with E-state index in [4.69, 9.17) is 26.8 Å². The number of nitrogens with two attached hydrogens (primary N) is 1. The summed E-state index contributed by atoms with van der Waals surface area (Å²) < 4.78 is 23.7. The predicted molar refractivity (Wildman–Crippen MR) is 68.9 cm³/mol. The van der Waals surface area contributed by atoms with Gasteiger partial charge in [0.25, 0.3) is 0 Å². The fraction of sp³-hybridized carbons (Fsp3) is 0.0769. The van der Waals surface area contributed by atoms with Crippen molar-refractivity contribution in [2.24, 2.45) is 0 Å². The van der Waals surface area contributed by atoms with Crippen LogP contribution in [0.2, 0.25) is 5.02 Å². The van der Waals surface area contributed by atoms with E-state index in [9.17, 15) is 4.39 Å². The molecule has 2 aromatic rings. The Hall–Kier alpha value is -1.94. The van der Waals surface area contributed by atoms with Crippen molar-refractivity contribution in [1.82, 2.24) is 0 Å². The average molecular weight is 268 g/mol. The van der Waals surface area contributed by atoms with Crippen LogP contribution in [0.1, 0.15) is 0 Å². The third-order valence-corrected chi connectivity index (χ3v) is 2.63. The highest BCUT2D eigenvalue weighted by Gasteiger charge is 2.08. The second-order valence-electron chi connectivity index (χ2n) is 3.58. The summed E-state index contributed by atoms with van der Waals surface area (Å²) in [4.78, 5) is 0. The molecule has 0 atom stereocenters. The van der Waals surface area contributed by atoms with E-state index in [1.165, 1.54) is 6.07 Å². The lowest BCUT2D eigenvalue weighted by molar-refractivity contribution is 0.413. The maximum atomic E-state index is 13.1. The number of halogens is 2. The first kappa shape index (κ1) is 12.5. The zero-order chi connectivity index (χ0) is 13.1. The number of benzene rings is 2. The predicted octanol–water partition coefficient (Wildman–Crippen LogP) is 3.86. The van der Waals surface area contributed by atoms with E-state index in [1.54, 1.807) is 31.4 Å². The van der Waals surface area contributed by atoms with Gasteiger partial charge in [-0.05, 0) is 30.3 Å². The van der Waals surface area contributed by atoms with Crippen LogP contribution in [0.3, 0.4) is 0 Å². The van der Waals surface area contributed by atoms with Gasteiger partial charge in [0.1, 0.15) is 23.1 Å². The van der Waals surface area contributed by atoms with Crippen molar-refractivity contribution in [2.45, 2.75) is 0 Å². The van der Waals surface area contributed by atoms with Crippen molar-refractivity contribution < 1.29 is 13.9 Å². The topological polar surface area (TPSA) is 44.5 Å². The first-order chi connectivity index (χ1) is 8.60. The fourth-order valence-electron chi connectivity index (χ4n) is 1.39. The van der Waals surface area contributed by atoms with Gasteiger partial charge in [-0.25, -0.2) is 4.39 Å². The number of nitrogen functional groups attached to an aromatic ring is 1. The molecule has 0 aromatic heterocycles. The van der Waals surface area contributed by atoms with Gasteiger partial charge in [-0.3, -0.25) is 0 Å². The molecule has 94 valence electrons. The molecule has 0 fully saturated rings. The first-order valence-corrected chi connectivity index (χ1v) is 5.54. The van der Waals surface area contributed by atoms with E-state index in [2.05, 4.69) is 0 Å². The molecule has 18 heavy (non-hydrogen) atoms. The van der Waals surface area contributed by atoms with Crippen LogP contribution in [0.5, 0.6) is 17.2 Å². The molecule has 2 rings (SSSR count). The lowest BCUT2D eigenvalue weighted by atomic mass is 10.3. The molecule has 0 heterocycles. The Bertz CT molecular complexity index is 558. The Morgan fingerprint density at radius 2 is 1.72 bits per heavy atom. The van der Waals surface area contributed by atoms with E-state index < -0.39 is 5.82 Å². The molecule has 3 nitrogen and oxygen atoms in total. The maximum Gasteiger partial charge on any atom is 0.148 e. The molecule has 0 unspecified atom stereocenters. The largest absolute Gasteiger partial charge is 0.497 e. The average Bonchev–Trinajstić information content (AvgIpc) is 2.37. The minimum Gasteiger partial charge on any atom is -0.497 e. The van der Waals surface area contributed by atoms with Crippen LogP contribution in [0.4, 0.5) is 10.1 Å². The van der Waals surface area contributed by atoms with Gasteiger partial charge in [-0.1, -0.05) is 11.6 Å². The van der Waals surface area contributed by atoms with Crippen LogP contribution in [-0.4, -0.2) is 7.11 Å². The van der Waals surface area contributed by atoms with Crippen LogP contribution >= 0.6 is 11.6 Å². The third kappa shape index (κ3) is 2.65. The molecule has 0 amide bonds. The number of hydrogen-bond donors (Lipinski definition) is 1. The molecular formula is C13H11ClFNO2. The number of anilines is 1. The van der Waals surface area contributed by atoms with E-state index in [-0.39, 0.29) is 10.7 Å². The van der Waals surface area contributed by atoms with Gasteiger partial charge in [0.05, 0.1) is 17.8 Å². The van der Waals surface area contributed by atoms with E-state index >= 15 is 0 Å². The van der Waals surface area contributed by atoms with Crippen molar-refractivity contribution >= 4 is 17.3 Å². The molecular weight excluding hydrogens is 257 g/mol. The maximum absolute atomic E-state index is 13.1. The lowest BCUT2D eigenvalue weighted by Crippen LogP contribution is -1.93. The molecule has 0 aliphatic rings. The van der Waals surface area contributed by atoms with Gasteiger partial charge >= 0.3 is 0 Å². The summed E-state index contributed by atoms with van der Waals surface area (Å²) in [6.07, 6.45) is 0. The van der Waals surface area contributed by atoms with Gasteiger partial charge in [0, 0.05) is 6.07 Å². The van der Waals surface area contributed by atoms with E-state index in [0.717, 1.165) is 6.07 Å². The van der Waals surface area contributed by atoms with Crippen LogP contribution in [-0.2, 0) is 0 Å². The zero-order valence-corrected chi connectivity index (χ0v) is 10.4. The van der Waals surface area contributed by atoms with E-state index in [0.29, 0.717) is 17.2 Å². The summed E-state index contributed by atoms with van der Waals surface area (Å²) >= 11 is 5.86. The summed E-state index contributed by atoms with van der Waals surface area (Å²) in [5.41, 5.74) is 5.44. The van der Waals surface area contributed by atoms with Gasteiger partial charge in [0.15, 0.2) is 0 Å². The highest BCUT2D eigenvalue weighted by atomic mass is 35.5. The van der Waals surface area contributed by atoms with Crippen LogP contribution < -0.4 is 15.2 Å². The Morgan fingerprint density at radius 3 is 2.33 bits per heavy atom. The van der Waals surface area contributed by atoms with E-state index in [1.807, 2.05) is 0 Å². The van der Waals surface area contributed by atoms with Crippen LogP contribution in [0, 0.1) is 5.82 Å². The van der Waals surface area contributed by atoms with Crippen LogP contribution in [0.15, 0.2) is 36.4 Å². The van der Waals surface area contributed by atoms with Crippen molar-refractivity contribution in [3.63, 3.8) is 0 Å². The molecule has 0 aliphatic carbocycles. The van der Waals surface area contributed by atoms with Crippen molar-refractivity contribution in [1.29, 1.82) is 0 Å². The molecule has 2 aromatic carbocycles. The number of rotatable bonds is 3. The minimum atomic E-state index is -0.568. The standard InChI is InChI=1S/C13H11ClFNO2/c1-17-8-2-4-9(5-3-8)18-13-7-12(16)11(15)6-10(13)14/h2-7H,16H2,1H3. The van der Waals surface area contributed by atoms with Crippen molar-refractivity contribution in [2.75, 3.05) is 12.8 Å². The van der Waals surface area contributed by atoms with Crippen molar-refractivity contribution in [3.8, 4) is 17.2 Å². The van der Waals surface area contributed by atoms with Gasteiger partial charge < -0.3 is 15.2 Å². The number of hydrogen-bond acceptors (Lipinski definition) is 3. The molecule has 0 saturated heterocycles. The van der Waals surface area contributed by atoms with Crippen LogP contribution in [0.25, 0.3) is 0 Å². The molecule has 0 aliphatic heterocycles. The SMILES string of the molecule is COc1ccc(Oc2cc(N)c(F)cc2Cl)cc1. The highest BCUT2D eigenvalue weighted by Crippen LogP contribution is 2.33. The zero-order valence-electron chi connectivity index (χ0n) is 9.61. The molecule has 0 radical (unpaired) electrons. The monoisotopic (exact) mass is 267 g/mol. The summed E-state index contributed by atoms with van der Waals surface area (Å²) in [6, 6.07) is 9.40. The summed E-state index contributed by atoms with van der Waals surface area (Å²) in [6.45, 7) is 0. The minimum absolute atomic E-state index is 0.0112. The highest BCUT2D eigenvalue weighted by molar-refractivity contribution is 6.32. The van der Waals surface area contributed by atoms with Gasteiger partial charge in [0.2, 0.25) is 0 Å². The van der Waals surface area contributed by atoms with Gasteiger partial charge in [-0.15, -0.1) is 0 Å². The number of methoxy groups -OCH3 is 1. The first-order valence-electron chi connectivity index (χ1n) is 5.16. The smallest absolute Gasteiger partial charge is 0.148 e. The molecule has 0 bridgehead atoms. The normalized spacial score (nSPS) is 10.2. The number of ether oxygens (including phenoxy) is 2. The second kappa shape index (κ2) is 5.14. The summed E-state index contributed by atoms with van der Waals surface area (Å²) in [5, 5.41) is 0.164. The Morgan fingerprint density at radius 1 is 1.11 bits per heavy atom. The molecule has 0 spiro atoms. The second-order valence-corrected chi connectivity index (χ2v) is 3.99. The lowest BCUT2D eigenvalue weighted by Gasteiger charge is -2.09.